The van der Waals surface area contributed by atoms with Gasteiger partial charge in [-0.2, -0.15) is 0 Å². The van der Waals surface area contributed by atoms with Crippen molar-refractivity contribution in [3.63, 3.8) is 0 Å². The van der Waals surface area contributed by atoms with Crippen LogP contribution < -0.4 is 10.6 Å². The first-order valence-corrected chi connectivity index (χ1v) is 6.27. The Morgan fingerprint density at radius 3 is 2.17 bits per heavy atom. The van der Waals surface area contributed by atoms with Crippen LogP contribution in [-0.2, 0) is 6.42 Å². The van der Waals surface area contributed by atoms with E-state index in [1.807, 2.05) is 12.1 Å². The van der Waals surface area contributed by atoms with Gasteiger partial charge in [-0.15, -0.1) is 0 Å². The molecule has 2 heteroatoms. The Hall–Kier alpha value is -1.96. The van der Waals surface area contributed by atoms with E-state index in [1.54, 1.807) is 0 Å². The molecule has 0 aliphatic heterocycles. The summed E-state index contributed by atoms with van der Waals surface area (Å²) in [7, 11) is 2.13. The van der Waals surface area contributed by atoms with Crippen LogP contribution in [-0.4, -0.2) is 13.6 Å². The highest BCUT2D eigenvalue weighted by Gasteiger charge is 2.01. The van der Waals surface area contributed by atoms with E-state index in [-0.39, 0.29) is 0 Å². The summed E-state index contributed by atoms with van der Waals surface area (Å²) in [5.74, 6) is 0. The van der Waals surface area contributed by atoms with Crippen LogP contribution in [0.1, 0.15) is 11.1 Å². The number of nitrogens with zero attached hydrogens (tertiary/aromatic N) is 1. The summed E-state index contributed by atoms with van der Waals surface area (Å²) in [4.78, 5) is 2.27. The van der Waals surface area contributed by atoms with E-state index in [1.165, 1.54) is 16.8 Å². The SMILES string of the molecule is Cc1ccc(N(C)CCc2ccc(N)cc2)cc1. The molecule has 0 aliphatic rings. The maximum atomic E-state index is 5.68. The first-order valence-electron chi connectivity index (χ1n) is 6.27. The summed E-state index contributed by atoms with van der Waals surface area (Å²) >= 11 is 0. The maximum Gasteiger partial charge on any atom is 0.0363 e. The molecule has 0 aliphatic carbocycles. The maximum absolute atomic E-state index is 5.68. The molecule has 2 aromatic rings. The lowest BCUT2D eigenvalue weighted by molar-refractivity contribution is 0.877. The van der Waals surface area contributed by atoms with Crippen molar-refractivity contribution >= 4 is 11.4 Å². The quantitative estimate of drug-likeness (QED) is 0.831. The van der Waals surface area contributed by atoms with E-state index < -0.39 is 0 Å². The molecule has 2 N–H and O–H groups in total. The number of aryl methyl sites for hydroxylation is 1. The lowest BCUT2D eigenvalue weighted by Gasteiger charge is -2.19. The van der Waals surface area contributed by atoms with E-state index in [9.17, 15) is 0 Å². The number of likely N-dealkylation sites (N-methyl/N-ethyl adjacent to an activating group) is 1. The van der Waals surface area contributed by atoms with Crippen LogP contribution in [0, 0.1) is 6.92 Å². The molecule has 0 spiro atoms. The molecule has 0 saturated carbocycles. The molecule has 2 aromatic carbocycles. The van der Waals surface area contributed by atoms with Crippen molar-refractivity contribution in [2.75, 3.05) is 24.2 Å². The van der Waals surface area contributed by atoms with Gasteiger partial charge in [0.2, 0.25) is 0 Å². The minimum atomic E-state index is 0.825. The first-order chi connectivity index (χ1) is 8.65. The van der Waals surface area contributed by atoms with Crippen LogP contribution in [0.4, 0.5) is 11.4 Å². The molecule has 0 saturated heterocycles. The molecule has 2 rings (SSSR count). The van der Waals surface area contributed by atoms with E-state index in [0.29, 0.717) is 0 Å². The van der Waals surface area contributed by atoms with Crippen LogP contribution in [0.5, 0.6) is 0 Å². The zero-order valence-electron chi connectivity index (χ0n) is 11.1. The Morgan fingerprint density at radius 1 is 0.944 bits per heavy atom. The Balaban J connectivity index is 1.93. The van der Waals surface area contributed by atoms with Crippen molar-refractivity contribution in [3.8, 4) is 0 Å². The fraction of sp³-hybridized carbons (Fsp3) is 0.250. The molecule has 0 atom stereocenters. The molecular weight excluding hydrogens is 220 g/mol. The Bertz CT molecular complexity index is 486. The third-order valence-corrected chi connectivity index (χ3v) is 3.19. The van der Waals surface area contributed by atoms with Gasteiger partial charge in [0.05, 0.1) is 0 Å². The summed E-state index contributed by atoms with van der Waals surface area (Å²) in [6, 6.07) is 16.7. The molecule has 94 valence electrons. The van der Waals surface area contributed by atoms with Gasteiger partial charge in [-0.3, -0.25) is 0 Å². The lowest BCUT2D eigenvalue weighted by Crippen LogP contribution is -2.20. The highest BCUT2D eigenvalue weighted by Crippen LogP contribution is 2.14. The molecule has 2 nitrogen and oxygen atoms in total. The molecular formula is C16H20N2. The van der Waals surface area contributed by atoms with Gasteiger partial charge in [-0.25, -0.2) is 0 Å². The predicted molar refractivity (Wildman–Crippen MR) is 79.0 cm³/mol. The molecule has 0 unspecified atom stereocenters. The third-order valence-electron chi connectivity index (χ3n) is 3.19. The minimum absolute atomic E-state index is 0.825. The van der Waals surface area contributed by atoms with Gasteiger partial charge in [0, 0.05) is 25.0 Å². The Labute approximate surface area is 109 Å². The van der Waals surface area contributed by atoms with Gasteiger partial charge >= 0.3 is 0 Å². The highest BCUT2D eigenvalue weighted by atomic mass is 15.1. The second-order valence-electron chi connectivity index (χ2n) is 4.75. The largest absolute Gasteiger partial charge is 0.399 e. The zero-order chi connectivity index (χ0) is 13.0. The summed E-state index contributed by atoms with van der Waals surface area (Å²) in [6.45, 7) is 3.12. The van der Waals surface area contributed by atoms with Gasteiger partial charge in [-0.1, -0.05) is 29.8 Å². The molecule has 0 fully saturated rings. The predicted octanol–water partition coefficient (Wildman–Crippen LogP) is 3.26. The lowest BCUT2D eigenvalue weighted by atomic mass is 10.1. The van der Waals surface area contributed by atoms with Crippen molar-refractivity contribution < 1.29 is 0 Å². The molecule has 0 heterocycles. The molecule has 0 radical (unpaired) electrons. The number of nitrogens with two attached hydrogens (primary N) is 1. The topological polar surface area (TPSA) is 29.3 Å². The summed E-state index contributed by atoms with van der Waals surface area (Å²) in [6.07, 6.45) is 1.03. The second kappa shape index (κ2) is 5.58. The van der Waals surface area contributed by atoms with Crippen molar-refractivity contribution in [1.29, 1.82) is 0 Å². The van der Waals surface area contributed by atoms with Crippen molar-refractivity contribution in [3.05, 3.63) is 59.7 Å². The highest BCUT2D eigenvalue weighted by molar-refractivity contribution is 5.47. The van der Waals surface area contributed by atoms with E-state index in [4.69, 9.17) is 5.73 Å². The summed E-state index contributed by atoms with van der Waals surface area (Å²) in [5.41, 5.74) is 10.4. The average Bonchev–Trinajstić information content (AvgIpc) is 2.38. The molecule has 18 heavy (non-hydrogen) atoms. The second-order valence-corrected chi connectivity index (χ2v) is 4.75. The number of rotatable bonds is 4. The van der Waals surface area contributed by atoms with E-state index in [0.717, 1.165) is 18.7 Å². The zero-order valence-corrected chi connectivity index (χ0v) is 11.1. The van der Waals surface area contributed by atoms with Crippen LogP contribution in [0.2, 0.25) is 0 Å². The van der Waals surface area contributed by atoms with Crippen molar-refractivity contribution in [1.82, 2.24) is 0 Å². The third kappa shape index (κ3) is 3.27. The first kappa shape index (κ1) is 12.5. The van der Waals surface area contributed by atoms with Crippen LogP contribution in [0.15, 0.2) is 48.5 Å². The van der Waals surface area contributed by atoms with E-state index >= 15 is 0 Å². The van der Waals surface area contributed by atoms with Gasteiger partial charge in [0.1, 0.15) is 0 Å². The number of anilines is 2. The summed E-state index contributed by atoms with van der Waals surface area (Å²) < 4.78 is 0. The number of benzene rings is 2. The molecule has 0 aromatic heterocycles. The van der Waals surface area contributed by atoms with E-state index in [2.05, 4.69) is 55.3 Å². The smallest absolute Gasteiger partial charge is 0.0363 e. The fourth-order valence-corrected chi connectivity index (χ4v) is 1.91. The van der Waals surface area contributed by atoms with Crippen LogP contribution >= 0.6 is 0 Å². The Kier molecular flexibility index (Phi) is 3.88. The average molecular weight is 240 g/mol. The minimum Gasteiger partial charge on any atom is -0.399 e. The van der Waals surface area contributed by atoms with Crippen molar-refractivity contribution in [2.24, 2.45) is 0 Å². The van der Waals surface area contributed by atoms with Gasteiger partial charge < -0.3 is 10.6 Å². The van der Waals surface area contributed by atoms with Crippen LogP contribution in [0.25, 0.3) is 0 Å². The number of hydrogen-bond acceptors (Lipinski definition) is 2. The van der Waals surface area contributed by atoms with Gasteiger partial charge in [0.25, 0.3) is 0 Å². The number of nitrogen functional groups attached to an aromatic ring is 1. The standard InChI is InChI=1S/C16H20N2/c1-13-3-9-16(10-4-13)18(2)12-11-14-5-7-15(17)8-6-14/h3-10H,11-12,17H2,1-2H3. The normalized spacial score (nSPS) is 10.3. The number of hydrogen-bond donors (Lipinski definition) is 1. The van der Waals surface area contributed by atoms with Crippen LogP contribution in [0.3, 0.4) is 0 Å². The van der Waals surface area contributed by atoms with Crippen molar-refractivity contribution in [2.45, 2.75) is 13.3 Å². The monoisotopic (exact) mass is 240 g/mol. The Morgan fingerprint density at radius 2 is 1.56 bits per heavy atom. The van der Waals surface area contributed by atoms with Gasteiger partial charge in [0.15, 0.2) is 0 Å². The van der Waals surface area contributed by atoms with Gasteiger partial charge in [-0.05, 0) is 43.2 Å². The fourth-order valence-electron chi connectivity index (χ4n) is 1.91. The molecule has 0 bridgehead atoms. The summed E-state index contributed by atoms with van der Waals surface area (Å²) in [5, 5.41) is 0. The molecule has 0 amide bonds.